The molecule has 0 spiro atoms. The van der Waals surface area contributed by atoms with E-state index in [4.69, 9.17) is 14.2 Å². The van der Waals surface area contributed by atoms with Gasteiger partial charge >= 0.3 is 5.97 Å². The van der Waals surface area contributed by atoms with E-state index in [2.05, 4.69) is 10.3 Å². The largest absolute Gasteiger partial charge is 0.481 e. The van der Waals surface area contributed by atoms with Crippen LogP contribution >= 0.6 is 0 Å². The SMILES string of the molecule is COC(=O)[C@H](Cc1ccc(OC)nc1)NC(=O)[C@H]1CCCO1. The lowest BCUT2D eigenvalue weighted by atomic mass is 10.1. The standard InChI is InChI=1S/C15H20N2O5/c1-20-13-6-5-10(9-16-13)8-11(15(19)21-2)17-14(18)12-4-3-7-22-12/h5-6,9,11-12H,3-4,7-8H2,1-2H3,(H,17,18)/t11-,12+/m0/s1. The fourth-order valence-corrected chi connectivity index (χ4v) is 2.27. The number of ether oxygens (including phenoxy) is 3. The number of hydrogen-bond acceptors (Lipinski definition) is 6. The average Bonchev–Trinajstić information content (AvgIpc) is 3.08. The Kier molecular flexibility index (Phi) is 5.71. The molecule has 0 bridgehead atoms. The molecule has 1 saturated heterocycles. The second-order valence-corrected chi connectivity index (χ2v) is 5.00. The first-order valence-electron chi connectivity index (χ1n) is 7.12. The summed E-state index contributed by atoms with van der Waals surface area (Å²) in [6.07, 6.45) is 2.93. The number of hydrogen-bond donors (Lipinski definition) is 1. The fraction of sp³-hybridized carbons (Fsp3) is 0.533. The van der Waals surface area contributed by atoms with Crippen LogP contribution in [0, 0.1) is 0 Å². The molecule has 0 aliphatic carbocycles. The molecule has 2 heterocycles. The van der Waals surface area contributed by atoms with Crippen molar-refractivity contribution in [3.8, 4) is 5.88 Å². The maximum Gasteiger partial charge on any atom is 0.328 e. The van der Waals surface area contributed by atoms with Crippen molar-refractivity contribution >= 4 is 11.9 Å². The Morgan fingerprint density at radius 1 is 1.45 bits per heavy atom. The van der Waals surface area contributed by atoms with Gasteiger partial charge in [0.2, 0.25) is 11.8 Å². The molecule has 0 saturated carbocycles. The van der Waals surface area contributed by atoms with Gasteiger partial charge in [0.15, 0.2) is 0 Å². The molecular weight excluding hydrogens is 288 g/mol. The van der Waals surface area contributed by atoms with Crippen LogP contribution in [0.25, 0.3) is 0 Å². The van der Waals surface area contributed by atoms with Crippen molar-refractivity contribution in [1.29, 1.82) is 0 Å². The molecule has 1 N–H and O–H groups in total. The molecule has 1 aliphatic heterocycles. The zero-order valence-corrected chi connectivity index (χ0v) is 12.7. The smallest absolute Gasteiger partial charge is 0.328 e. The summed E-state index contributed by atoms with van der Waals surface area (Å²) in [6.45, 7) is 0.573. The quantitative estimate of drug-likeness (QED) is 0.769. The number of nitrogens with one attached hydrogen (secondary N) is 1. The number of rotatable bonds is 6. The minimum Gasteiger partial charge on any atom is -0.481 e. The lowest BCUT2D eigenvalue weighted by Gasteiger charge is -2.18. The molecular formula is C15H20N2O5. The van der Waals surface area contributed by atoms with Gasteiger partial charge in [-0.2, -0.15) is 0 Å². The molecule has 22 heavy (non-hydrogen) atoms. The van der Waals surface area contributed by atoms with Gasteiger partial charge in [0, 0.05) is 25.3 Å². The first kappa shape index (κ1) is 16.2. The predicted molar refractivity (Wildman–Crippen MR) is 77.4 cm³/mol. The van der Waals surface area contributed by atoms with Gasteiger partial charge < -0.3 is 19.5 Å². The van der Waals surface area contributed by atoms with Gasteiger partial charge in [-0.3, -0.25) is 4.79 Å². The highest BCUT2D eigenvalue weighted by atomic mass is 16.5. The molecule has 2 rings (SSSR count). The zero-order valence-electron chi connectivity index (χ0n) is 12.7. The summed E-state index contributed by atoms with van der Waals surface area (Å²) >= 11 is 0. The molecule has 7 heteroatoms. The van der Waals surface area contributed by atoms with E-state index in [1.54, 1.807) is 18.3 Å². The Morgan fingerprint density at radius 2 is 2.27 bits per heavy atom. The average molecular weight is 308 g/mol. The molecule has 2 atom stereocenters. The highest BCUT2D eigenvalue weighted by Crippen LogP contribution is 2.13. The summed E-state index contributed by atoms with van der Waals surface area (Å²) in [7, 11) is 2.82. The fourth-order valence-electron chi connectivity index (χ4n) is 2.27. The summed E-state index contributed by atoms with van der Waals surface area (Å²) in [5, 5.41) is 2.69. The van der Waals surface area contributed by atoms with Crippen LogP contribution in [-0.4, -0.2) is 49.8 Å². The van der Waals surface area contributed by atoms with Gasteiger partial charge in [0.1, 0.15) is 12.1 Å². The number of aromatic nitrogens is 1. The van der Waals surface area contributed by atoms with Crippen LogP contribution in [0.4, 0.5) is 0 Å². The number of carbonyl (C=O) groups excluding carboxylic acids is 2. The number of nitrogens with zero attached hydrogens (tertiary/aromatic N) is 1. The minimum atomic E-state index is -0.767. The third-order valence-corrected chi connectivity index (χ3v) is 3.47. The summed E-state index contributed by atoms with van der Waals surface area (Å²) in [5.41, 5.74) is 0.795. The Bertz CT molecular complexity index is 511. The third-order valence-electron chi connectivity index (χ3n) is 3.47. The number of methoxy groups -OCH3 is 2. The molecule has 1 fully saturated rings. The second kappa shape index (κ2) is 7.74. The summed E-state index contributed by atoms with van der Waals surface area (Å²) in [4.78, 5) is 28.0. The lowest BCUT2D eigenvalue weighted by Crippen LogP contribution is -2.47. The topological polar surface area (TPSA) is 86.8 Å². The maximum absolute atomic E-state index is 12.1. The Morgan fingerprint density at radius 3 is 2.82 bits per heavy atom. The van der Waals surface area contributed by atoms with Crippen molar-refractivity contribution in [2.45, 2.75) is 31.4 Å². The van der Waals surface area contributed by atoms with E-state index in [1.165, 1.54) is 14.2 Å². The number of amides is 1. The summed E-state index contributed by atoms with van der Waals surface area (Å²) in [5.74, 6) is -0.293. The van der Waals surface area contributed by atoms with Crippen LogP contribution in [-0.2, 0) is 25.5 Å². The van der Waals surface area contributed by atoms with Crippen LogP contribution < -0.4 is 10.1 Å². The van der Waals surface area contributed by atoms with E-state index >= 15 is 0 Å². The van der Waals surface area contributed by atoms with Gasteiger partial charge in [0.25, 0.3) is 0 Å². The minimum absolute atomic E-state index is 0.283. The molecule has 1 aromatic heterocycles. The van der Waals surface area contributed by atoms with Crippen LogP contribution in [0.1, 0.15) is 18.4 Å². The van der Waals surface area contributed by atoms with E-state index in [9.17, 15) is 9.59 Å². The Hall–Kier alpha value is -2.15. The van der Waals surface area contributed by atoms with Crippen LogP contribution in [0.5, 0.6) is 5.88 Å². The second-order valence-electron chi connectivity index (χ2n) is 5.00. The van der Waals surface area contributed by atoms with Crippen molar-refractivity contribution in [2.75, 3.05) is 20.8 Å². The highest BCUT2D eigenvalue weighted by molar-refractivity contribution is 5.87. The highest BCUT2D eigenvalue weighted by Gasteiger charge is 2.29. The third kappa shape index (κ3) is 4.17. The van der Waals surface area contributed by atoms with Gasteiger partial charge in [-0.25, -0.2) is 9.78 Å². The molecule has 7 nitrogen and oxygen atoms in total. The number of pyridine rings is 1. The first-order valence-corrected chi connectivity index (χ1v) is 7.12. The monoisotopic (exact) mass is 308 g/mol. The van der Waals surface area contributed by atoms with E-state index in [1.807, 2.05) is 0 Å². The zero-order chi connectivity index (χ0) is 15.9. The molecule has 1 amide bonds. The van der Waals surface area contributed by atoms with Gasteiger partial charge in [-0.1, -0.05) is 6.07 Å². The van der Waals surface area contributed by atoms with Gasteiger partial charge in [-0.05, 0) is 18.4 Å². The molecule has 0 radical (unpaired) electrons. The van der Waals surface area contributed by atoms with Gasteiger partial charge in [0.05, 0.1) is 14.2 Å². The van der Waals surface area contributed by atoms with Crippen molar-refractivity contribution in [1.82, 2.24) is 10.3 Å². The lowest BCUT2D eigenvalue weighted by molar-refractivity contribution is -0.146. The molecule has 0 aromatic carbocycles. The van der Waals surface area contributed by atoms with E-state index in [0.717, 1.165) is 12.0 Å². The van der Waals surface area contributed by atoms with E-state index in [0.29, 0.717) is 25.3 Å². The summed E-state index contributed by atoms with van der Waals surface area (Å²) < 4.78 is 15.1. The van der Waals surface area contributed by atoms with Crippen LogP contribution in [0.2, 0.25) is 0 Å². The van der Waals surface area contributed by atoms with Crippen molar-refractivity contribution in [3.63, 3.8) is 0 Å². The number of esters is 1. The van der Waals surface area contributed by atoms with E-state index in [-0.39, 0.29) is 5.91 Å². The molecule has 1 aliphatic rings. The Balaban J connectivity index is 2.01. The van der Waals surface area contributed by atoms with Crippen LogP contribution in [0.15, 0.2) is 18.3 Å². The van der Waals surface area contributed by atoms with Gasteiger partial charge in [-0.15, -0.1) is 0 Å². The van der Waals surface area contributed by atoms with Crippen molar-refractivity contribution in [2.24, 2.45) is 0 Å². The van der Waals surface area contributed by atoms with Crippen molar-refractivity contribution in [3.05, 3.63) is 23.9 Å². The number of carbonyl (C=O) groups is 2. The molecule has 0 unspecified atom stereocenters. The first-order chi connectivity index (χ1) is 10.6. The maximum atomic E-state index is 12.1. The summed E-state index contributed by atoms with van der Waals surface area (Å²) in [6, 6.07) is 2.72. The molecule has 120 valence electrons. The molecule has 1 aromatic rings. The van der Waals surface area contributed by atoms with Crippen LogP contribution in [0.3, 0.4) is 0 Å². The normalized spacial score (nSPS) is 18.5. The Labute approximate surface area is 129 Å². The van der Waals surface area contributed by atoms with E-state index < -0.39 is 18.1 Å². The van der Waals surface area contributed by atoms with Crippen molar-refractivity contribution < 1.29 is 23.8 Å². The predicted octanol–water partition coefficient (Wildman–Crippen LogP) is 0.469.